The molecule has 0 saturated heterocycles. The molecule has 0 spiro atoms. The summed E-state index contributed by atoms with van der Waals surface area (Å²) in [4.78, 5) is 0. The maximum absolute atomic E-state index is 5.37. The third-order valence-electron chi connectivity index (χ3n) is 0.868. The molecule has 0 aliphatic rings. The van der Waals surface area contributed by atoms with Gasteiger partial charge in [-0.1, -0.05) is 16.9 Å². The van der Waals surface area contributed by atoms with Crippen LogP contribution >= 0.6 is 11.3 Å². The molecule has 1 aromatic heterocycles. The SMILES string of the molecule is CC(C)=Cc1nnc(N)s1. The molecule has 0 radical (unpaired) electrons. The van der Waals surface area contributed by atoms with Crippen LogP contribution in [0.4, 0.5) is 5.13 Å². The zero-order chi connectivity index (χ0) is 7.56. The number of hydrogen-bond donors (Lipinski definition) is 1. The van der Waals surface area contributed by atoms with E-state index in [1.165, 1.54) is 16.9 Å². The van der Waals surface area contributed by atoms with Crippen LogP contribution in [0.25, 0.3) is 6.08 Å². The predicted octanol–water partition coefficient (Wildman–Crippen LogP) is 1.54. The summed E-state index contributed by atoms with van der Waals surface area (Å²) in [5.74, 6) is 0. The topological polar surface area (TPSA) is 51.8 Å². The largest absolute Gasteiger partial charge is 0.374 e. The van der Waals surface area contributed by atoms with Gasteiger partial charge in [0.05, 0.1) is 0 Å². The number of rotatable bonds is 1. The van der Waals surface area contributed by atoms with Crippen molar-refractivity contribution < 1.29 is 0 Å². The molecule has 1 aromatic rings. The average molecular weight is 155 g/mol. The molecule has 10 heavy (non-hydrogen) atoms. The molecule has 0 saturated carbocycles. The number of nitrogens with zero attached hydrogens (tertiary/aromatic N) is 2. The minimum atomic E-state index is 0.521. The Balaban J connectivity index is 2.86. The number of allylic oxidation sites excluding steroid dienone is 1. The fraction of sp³-hybridized carbons (Fsp3) is 0.333. The van der Waals surface area contributed by atoms with Crippen LogP contribution in [0.3, 0.4) is 0 Å². The lowest BCUT2D eigenvalue weighted by molar-refractivity contribution is 1.09. The number of nitrogens with two attached hydrogens (primary N) is 1. The summed E-state index contributed by atoms with van der Waals surface area (Å²) >= 11 is 1.40. The Kier molecular flexibility index (Phi) is 2.01. The standard InChI is InChI=1S/C6H9N3S/c1-4(2)3-5-8-9-6(7)10-5/h3H,1-2H3,(H2,7,9). The first-order valence-electron chi connectivity index (χ1n) is 2.92. The zero-order valence-corrected chi connectivity index (χ0v) is 6.77. The van der Waals surface area contributed by atoms with E-state index in [0.717, 1.165) is 5.01 Å². The number of hydrogen-bond acceptors (Lipinski definition) is 4. The molecule has 0 aromatic carbocycles. The molecule has 3 nitrogen and oxygen atoms in total. The monoisotopic (exact) mass is 155 g/mol. The van der Waals surface area contributed by atoms with Crippen molar-refractivity contribution in [3.05, 3.63) is 10.6 Å². The molecule has 0 fully saturated rings. The average Bonchev–Trinajstić information content (AvgIpc) is 2.13. The Bertz CT molecular complexity index is 247. The van der Waals surface area contributed by atoms with E-state index in [2.05, 4.69) is 10.2 Å². The lowest BCUT2D eigenvalue weighted by atomic mass is 10.3. The molecule has 0 amide bonds. The minimum absolute atomic E-state index is 0.521. The van der Waals surface area contributed by atoms with E-state index in [1.54, 1.807) is 0 Å². The molecule has 0 atom stereocenters. The van der Waals surface area contributed by atoms with Crippen molar-refractivity contribution in [3.8, 4) is 0 Å². The van der Waals surface area contributed by atoms with Crippen LogP contribution in [0.1, 0.15) is 18.9 Å². The normalized spacial score (nSPS) is 9.40. The minimum Gasteiger partial charge on any atom is -0.374 e. The molecule has 4 heteroatoms. The highest BCUT2D eigenvalue weighted by Gasteiger charge is 1.94. The quantitative estimate of drug-likeness (QED) is 0.669. The third kappa shape index (κ3) is 1.80. The van der Waals surface area contributed by atoms with Gasteiger partial charge in [0, 0.05) is 0 Å². The first kappa shape index (κ1) is 7.21. The van der Waals surface area contributed by atoms with Crippen LogP contribution in [0, 0.1) is 0 Å². The van der Waals surface area contributed by atoms with Gasteiger partial charge in [0.25, 0.3) is 0 Å². The van der Waals surface area contributed by atoms with Crippen LogP contribution < -0.4 is 5.73 Å². The van der Waals surface area contributed by atoms with Gasteiger partial charge >= 0.3 is 0 Å². The van der Waals surface area contributed by atoms with Crippen molar-refractivity contribution in [2.45, 2.75) is 13.8 Å². The summed E-state index contributed by atoms with van der Waals surface area (Å²) in [6.45, 7) is 4.02. The fourth-order valence-electron chi connectivity index (χ4n) is 0.552. The molecule has 2 N–H and O–H groups in total. The van der Waals surface area contributed by atoms with E-state index >= 15 is 0 Å². The van der Waals surface area contributed by atoms with E-state index in [9.17, 15) is 0 Å². The van der Waals surface area contributed by atoms with Crippen molar-refractivity contribution in [2.24, 2.45) is 0 Å². The molecule has 0 aliphatic carbocycles. The van der Waals surface area contributed by atoms with Gasteiger partial charge in [0.1, 0.15) is 5.01 Å². The molecule has 1 rings (SSSR count). The summed E-state index contributed by atoms with van der Waals surface area (Å²) in [6.07, 6.45) is 1.95. The van der Waals surface area contributed by atoms with E-state index < -0.39 is 0 Å². The second-order valence-electron chi connectivity index (χ2n) is 2.20. The Morgan fingerprint density at radius 3 is 2.60 bits per heavy atom. The highest BCUT2D eigenvalue weighted by atomic mass is 32.1. The Morgan fingerprint density at radius 2 is 2.20 bits per heavy atom. The highest BCUT2D eigenvalue weighted by molar-refractivity contribution is 7.15. The summed E-state index contributed by atoms with van der Waals surface area (Å²) in [7, 11) is 0. The first-order chi connectivity index (χ1) is 4.68. The van der Waals surface area contributed by atoms with Gasteiger partial charge in [-0.2, -0.15) is 0 Å². The lowest BCUT2D eigenvalue weighted by Gasteiger charge is -1.82. The third-order valence-corrected chi connectivity index (χ3v) is 1.57. The van der Waals surface area contributed by atoms with E-state index in [4.69, 9.17) is 5.73 Å². The van der Waals surface area contributed by atoms with Crippen molar-refractivity contribution in [3.63, 3.8) is 0 Å². The fourth-order valence-corrected chi connectivity index (χ4v) is 1.22. The Hall–Kier alpha value is -0.900. The van der Waals surface area contributed by atoms with Gasteiger partial charge in [-0.15, -0.1) is 10.2 Å². The second-order valence-corrected chi connectivity index (χ2v) is 3.24. The molecule has 54 valence electrons. The highest BCUT2D eigenvalue weighted by Crippen LogP contribution is 2.13. The van der Waals surface area contributed by atoms with E-state index in [-0.39, 0.29) is 0 Å². The van der Waals surface area contributed by atoms with Gasteiger partial charge in [-0.05, 0) is 19.9 Å². The van der Waals surface area contributed by atoms with Gasteiger partial charge < -0.3 is 5.73 Å². The van der Waals surface area contributed by atoms with Gasteiger partial charge in [0.15, 0.2) is 0 Å². The number of anilines is 1. The van der Waals surface area contributed by atoms with Gasteiger partial charge in [0.2, 0.25) is 5.13 Å². The smallest absolute Gasteiger partial charge is 0.203 e. The molecule has 0 bridgehead atoms. The van der Waals surface area contributed by atoms with E-state index in [1.807, 2.05) is 19.9 Å². The zero-order valence-electron chi connectivity index (χ0n) is 5.96. The summed E-state index contributed by atoms with van der Waals surface area (Å²) < 4.78 is 0. The van der Waals surface area contributed by atoms with Crippen molar-refractivity contribution in [1.82, 2.24) is 10.2 Å². The Morgan fingerprint density at radius 1 is 1.50 bits per heavy atom. The predicted molar refractivity (Wildman–Crippen MR) is 43.6 cm³/mol. The maximum atomic E-state index is 5.37. The second kappa shape index (κ2) is 2.79. The molecule has 1 heterocycles. The van der Waals surface area contributed by atoms with Crippen LogP contribution in [-0.2, 0) is 0 Å². The first-order valence-corrected chi connectivity index (χ1v) is 3.74. The van der Waals surface area contributed by atoms with Crippen molar-refractivity contribution in [1.29, 1.82) is 0 Å². The van der Waals surface area contributed by atoms with Crippen LogP contribution in [0.2, 0.25) is 0 Å². The van der Waals surface area contributed by atoms with E-state index in [0.29, 0.717) is 5.13 Å². The van der Waals surface area contributed by atoms with Crippen LogP contribution in [0.5, 0.6) is 0 Å². The maximum Gasteiger partial charge on any atom is 0.203 e. The van der Waals surface area contributed by atoms with Crippen molar-refractivity contribution in [2.75, 3.05) is 5.73 Å². The van der Waals surface area contributed by atoms with Crippen LogP contribution in [-0.4, -0.2) is 10.2 Å². The van der Waals surface area contributed by atoms with Crippen LogP contribution in [0.15, 0.2) is 5.57 Å². The van der Waals surface area contributed by atoms with Crippen molar-refractivity contribution >= 4 is 22.5 Å². The molecule has 0 aliphatic heterocycles. The summed E-state index contributed by atoms with van der Waals surface area (Å²) in [5, 5.41) is 8.89. The Labute approximate surface area is 63.6 Å². The summed E-state index contributed by atoms with van der Waals surface area (Å²) in [6, 6.07) is 0. The molecular weight excluding hydrogens is 146 g/mol. The van der Waals surface area contributed by atoms with Gasteiger partial charge in [-0.25, -0.2) is 0 Å². The number of aromatic nitrogens is 2. The summed E-state index contributed by atoms with van der Waals surface area (Å²) in [5.41, 5.74) is 6.57. The number of nitrogen functional groups attached to an aromatic ring is 1. The lowest BCUT2D eigenvalue weighted by Crippen LogP contribution is -1.79. The van der Waals surface area contributed by atoms with Gasteiger partial charge in [-0.3, -0.25) is 0 Å². The molecular formula is C6H9N3S. The molecule has 0 unspecified atom stereocenters.